The quantitative estimate of drug-likeness (QED) is 0.735. The Labute approximate surface area is 115 Å². The molecule has 4 heteroatoms. The fraction of sp³-hybridized carbons (Fsp3) is 0.800. The number of nitrogens with one attached hydrogen (secondary N) is 1. The lowest BCUT2D eigenvalue weighted by Gasteiger charge is -2.06. The van der Waals surface area contributed by atoms with Crippen molar-refractivity contribution >= 4 is 0 Å². The summed E-state index contributed by atoms with van der Waals surface area (Å²) in [5, 5.41) is 3.40. The molecule has 0 radical (unpaired) electrons. The number of aromatic nitrogens is 1. The van der Waals surface area contributed by atoms with Gasteiger partial charge in [0.1, 0.15) is 5.76 Å². The van der Waals surface area contributed by atoms with Gasteiger partial charge in [-0.1, -0.05) is 13.8 Å². The second kappa shape index (κ2) is 7.65. The zero-order valence-corrected chi connectivity index (χ0v) is 12.2. The average molecular weight is 266 g/mol. The van der Waals surface area contributed by atoms with Gasteiger partial charge in [-0.3, -0.25) is 0 Å². The van der Waals surface area contributed by atoms with E-state index in [1.807, 2.05) is 6.20 Å². The molecule has 0 bridgehead atoms. The van der Waals surface area contributed by atoms with Crippen LogP contribution in [0.3, 0.4) is 0 Å². The fourth-order valence-electron chi connectivity index (χ4n) is 2.34. The Morgan fingerprint density at radius 1 is 1.42 bits per heavy atom. The maximum Gasteiger partial charge on any atom is 0.195 e. The van der Waals surface area contributed by atoms with E-state index in [1.54, 1.807) is 0 Å². The highest BCUT2D eigenvalue weighted by Crippen LogP contribution is 2.18. The number of aryl methyl sites for hydroxylation is 1. The largest absolute Gasteiger partial charge is 0.446 e. The highest BCUT2D eigenvalue weighted by molar-refractivity contribution is 4.95. The van der Waals surface area contributed by atoms with Crippen LogP contribution in [0.15, 0.2) is 10.6 Å². The Morgan fingerprint density at radius 2 is 2.32 bits per heavy atom. The summed E-state index contributed by atoms with van der Waals surface area (Å²) in [6.07, 6.45) is 7.56. The minimum absolute atomic E-state index is 0.432. The van der Waals surface area contributed by atoms with E-state index in [0.717, 1.165) is 50.6 Å². The molecule has 0 saturated carbocycles. The SMILES string of the molecule is CC(C)CNCCc1ncc(CCC2CCCO2)o1. The summed E-state index contributed by atoms with van der Waals surface area (Å²) in [4.78, 5) is 4.33. The molecule has 19 heavy (non-hydrogen) atoms. The summed E-state index contributed by atoms with van der Waals surface area (Å²) in [5.74, 6) is 2.53. The number of rotatable bonds is 8. The fourth-order valence-corrected chi connectivity index (χ4v) is 2.34. The van der Waals surface area contributed by atoms with E-state index in [4.69, 9.17) is 9.15 Å². The molecular formula is C15H26N2O2. The van der Waals surface area contributed by atoms with Crippen molar-refractivity contribution in [3.63, 3.8) is 0 Å². The Bertz CT molecular complexity index is 357. The molecule has 1 aromatic heterocycles. The normalized spacial score (nSPS) is 19.4. The number of hydrogen-bond acceptors (Lipinski definition) is 4. The van der Waals surface area contributed by atoms with Gasteiger partial charge in [0.15, 0.2) is 5.89 Å². The van der Waals surface area contributed by atoms with Crippen molar-refractivity contribution in [1.29, 1.82) is 0 Å². The molecule has 1 atom stereocenters. The second-order valence-corrected chi connectivity index (χ2v) is 5.74. The van der Waals surface area contributed by atoms with Gasteiger partial charge in [0.2, 0.25) is 0 Å². The Hall–Kier alpha value is -0.870. The Morgan fingerprint density at radius 3 is 3.05 bits per heavy atom. The van der Waals surface area contributed by atoms with Crippen LogP contribution in [-0.2, 0) is 17.6 Å². The molecule has 1 aliphatic rings. The van der Waals surface area contributed by atoms with Crippen LogP contribution in [0.1, 0.15) is 44.8 Å². The zero-order valence-electron chi connectivity index (χ0n) is 12.2. The Balaban J connectivity index is 1.63. The van der Waals surface area contributed by atoms with E-state index < -0.39 is 0 Å². The molecule has 2 heterocycles. The zero-order chi connectivity index (χ0) is 13.5. The highest BCUT2D eigenvalue weighted by atomic mass is 16.5. The predicted octanol–water partition coefficient (Wildman–Crippen LogP) is 2.57. The smallest absolute Gasteiger partial charge is 0.195 e. The van der Waals surface area contributed by atoms with Crippen molar-refractivity contribution in [3.8, 4) is 0 Å². The molecule has 1 unspecified atom stereocenters. The van der Waals surface area contributed by atoms with Crippen LogP contribution in [0, 0.1) is 5.92 Å². The number of hydrogen-bond donors (Lipinski definition) is 1. The van der Waals surface area contributed by atoms with Gasteiger partial charge in [-0.2, -0.15) is 0 Å². The number of nitrogens with zero attached hydrogens (tertiary/aromatic N) is 1. The minimum Gasteiger partial charge on any atom is -0.446 e. The average Bonchev–Trinajstić information content (AvgIpc) is 3.03. The first kappa shape index (κ1) is 14.5. The third-order valence-corrected chi connectivity index (χ3v) is 3.41. The van der Waals surface area contributed by atoms with E-state index in [9.17, 15) is 0 Å². The molecule has 1 saturated heterocycles. The van der Waals surface area contributed by atoms with Crippen LogP contribution in [0.2, 0.25) is 0 Å². The van der Waals surface area contributed by atoms with E-state index in [1.165, 1.54) is 12.8 Å². The summed E-state index contributed by atoms with van der Waals surface area (Å²) in [6.45, 7) is 7.33. The summed E-state index contributed by atoms with van der Waals surface area (Å²) >= 11 is 0. The summed E-state index contributed by atoms with van der Waals surface area (Å²) < 4.78 is 11.4. The van der Waals surface area contributed by atoms with Gasteiger partial charge in [-0.05, 0) is 31.7 Å². The van der Waals surface area contributed by atoms with Gasteiger partial charge < -0.3 is 14.5 Å². The summed E-state index contributed by atoms with van der Waals surface area (Å²) in [7, 11) is 0. The van der Waals surface area contributed by atoms with Gasteiger partial charge in [0.25, 0.3) is 0 Å². The number of oxazole rings is 1. The molecule has 2 rings (SSSR count). The van der Waals surface area contributed by atoms with Gasteiger partial charge in [0.05, 0.1) is 12.3 Å². The predicted molar refractivity (Wildman–Crippen MR) is 75.2 cm³/mol. The van der Waals surface area contributed by atoms with Gasteiger partial charge >= 0.3 is 0 Å². The molecule has 1 aromatic rings. The van der Waals surface area contributed by atoms with Crippen LogP contribution >= 0.6 is 0 Å². The van der Waals surface area contributed by atoms with Crippen LogP contribution < -0.4 is 5.32 Å². The lowest BCUT2D eigenvalue weighted by atomic mass is 10.1. The molecule has 4 nitrogen and oxygen atoms in total. The first-order chi connectivity index (χ1) is 9.24. The maximum absolute atomic E-state index is 5.74. The van der Waals surface area contributed by atoms with Crippen molar-refractivity contribution in [2.45, 2.75) is 52.1 Å². The molecule has 0 aliphatic carbocycles. The van der Waals surface area contributed by atoms with Crippen molar-refractivity contribution in [2.24, 2.45) is 5.92 Å². The molecule has 1 aliphatic heterocycles. The van der Waals surface area contributed by atoms with Crippen LogP contribution in [0.25, 0.3) is 0 Å². The summed E-state index contributed by atoms with van der Waals surface area (Å²) in [5.41, 5.74) is 0. The molecule has 1 fully saturated rings. The van der Waals surface area contributed by atoms with E-state index in [2.05, 4.69) is 24.1 Å². The van der Waals surface area contributed by atoms with E-state index in [0.29, 0.717) is 12.0 Å². The summed E-state index contributed by atoms with van der Waals surface area (Å²) in [6, 6.07) is 0. The monoisotopic (exact) mass is 266 g/mol. The lowest BCUT2D eigenvalue weighted by Crippen LogP contribution is -2.22. The van der Waals surface area contributed by atoms with Crippen molar-refractivity contribution < 1.29 is 9.15 Å². The molecule has 0 amide bonds. The standard InChI is InChI=1S/C15H26N2O2/c1-12(2)10-16-8-7-15-17-11-14(19-15)6-5-13-4-3-9-18-13/h11-13,16H,3-10H2,1-2H3. The van der Waals surface area contributed by atoms with E-state index in [-0.39, 0.29) is 0 Å². The third kappa shape index (κ3) is 5.33. The first-order valence-corrected chi connectivity index (χ1v) is 7.50. The van der Waals surface area contributed by atoms with E-state index >= 15 is 0 Å². The van der Waals surface area contributed by atoms with Crippen molar-refractivity contribution in [1.82, 2.24) is 10.3 Å². The Kier molecular flexibility index (Phi) is 5.86. The van der Waals surface area contributed by atoms with Gasteiger partial charge in [-0.15, -0.1) is 0 Å². The molecular weight excluding hydrogens is 240 g/mol. The lowest BCUT2D eigenvalue weighted by molar-refractivity contribution is 0.103. The maximum atomic E-state index is 5.74. The minimum atomic E-state index is 0.432. The topological polar surface area (TPSA) is 47.3 Å². The highest BCUT2D eigenvalue weighted by Gasteiger charge is 2.16. The van der Waals surface area contributed by atoms with Gasteiger partial charge in [-0.25, -0.2) is 4.98 Å². The van der Waals surface area contributed by atoms with Crippen LogP contribution in [-0.4, -0.2) is 30.8 Å². The van der Waals surface area contributed by atoms with Crippen LogP contribution in [0.4, 0.5) is 0 Å². The first-order valence-electron chi connectivity index (χ1n) is 7.50. The van der Waals surface area contributed by atoms with Crippen molar-refractivity contribution in [2.75, 3.05) is 19.7 Å². The molecule has 1 N–H and O–H groups in total. The molecule has 0 aromatic carbocycles. The van der Waals surface area contributed by atoms with Gasteiger partial charge in [0, 0.05) is 26.0 Å². The molecule has 0 spiro atoms. The van der Waals surface area contributed by atoms with Crippen LogP contribution in [0.5, 0.6) is 0 Å². The third-order valence-electron chi connectivity index (χ3n) is 3.41. The second-order valence-electron chi connectivity index (χ2n) is 5.74. The number of ether oxygens (including phenoxy) is 1. The molecule has 108 valence electrons. The van der Waals surface area contributed by atoms with Crippen molar-refractivity contribution in [3.05, 3.63) is 17.8 Å².